The molecule has 19 heavy (non-hydrogen) atoms. The first kappa shape index (κ1) is 12.2. The highest BCUT2D eigenvalue weighted by atomic mass is 35.5. The van der Waals surface area contributed by atoms with E-state index in [-0.39, 0.29) is 0 Å². The van der Waals surface area contributed by atoms with Gasteiger partial charge in [0.15, 0.2) is 5.82 Å². The van der Waals surface area contributed by atoms with Crippen molar-refractivity contribution in [3.8, 4) is 0 Å². The fourth-order valence-electron chi connectivity index (χ4n) is 2.18. The fraction of sp³-hybridized carbons (Fsp3) is 0.231. The Morgan fingerprint density at radius 3 is 2.95 bits per heavy atom. The van der Waals surface area contributed by atoms with E-state index in [0.717, 1.165) is 16.5 Å². The number of aryl methyl sites for hydroxylation is 1. The van der Waals surface area contributed by atoms with Crippen molar-refractivity contribution in [1.82, 2.24) is 14.7 Å². The Bertz CT molecular complexity index is 731. The van der Waals surface area contributed by atoms with E-state index in [2.05, 4.69) is 10.1 Å². The van der Waals surface area contributed by atoms with Gasteiger partial charge in [-0.3, -0.25) is 0 Å². The van der Waals surface area contributed by atoms with Crippen LogP contribution in [-0.4, -0.2) is 14.7 Å². The molecule has 0 saturated heterocycles. The van der Waals surface area contributed by atoms with Crippen molar-refractivity contribution < 1.29 is 4.52 Å². The van der Waals surface area contributed by atoms with Gasteiger partial charge in [-0.05, 0) is 24.6 Å². The maximum Gasteiger partial charge on any atom is 0.246 e. The molecule has 0 unspecified atom stereocenters. The number of nitrogens with two attached hydrogens (primary N) is 1. The van der Waals surface area contributed by atoms with Gasteiger partial charge in [-0.25, -0.2) is 0 Å². The minimum Gasteiger partial charge on any atom is -0.338 e. The predicted molar refractivity (Wildman–Crippen MR) is 73.0 cm³/mol. The summed E-state index contributed by atoms with van der Waals surface area (Å²) in [6.45, 7) is 2.79. The molecule has 0 atom stereocenters. The van der Waals surface area contributed by atoms with E-state index in [1.165, 1.54) is 0 Å². The second-order valence-corrected chi connectivity index (χ2v) is 4.82. The van der Waals surface area contributed by atoms with Crippen LogP contribution in [0.5, 0.6) is 0 Å². The number of aromatic nitrogens is 3. The van der Waals surface area contributed by atoms with Crippen molar-refractivity contribution in [2.45, 2.75) is 20.0 Å². The standard InChI is InChI=1S/C13H13ClN4O/c1-8-16-13(19-17-8)7-18-6-9(5-15)11-3-2-10(14)4-12(11)18/h2-4,6H,5,7,15H2,1H3. The largest absolute Gasteiger partial charge is 0.338 e. The van der Waals surface area contributed by atoms with Crippen molar-refractivity contribution >= 4 is 22.5 Å². The van der Waals surface area contributed by atoms with E-state index in [4.69, 9.17) is 21.9 Å². The Morgan fingerprint density at radius 1 is 1.42 bits per heavy atom. The molecule has 5 nitrogen and oxygen atoms in total. The summed E-state index contributed by atoms with van der Waals surface area (Å²) in [6.07, 6.45) is 2.00. The Labute approximate surface area is 115 Å². The number of nitrogens with zero attached hydrogens (tertiary/aromatic N) is 3. The van der Waals surface area contributed by atoms with Crippen molar-refractivity contribution in [2.75, 3.05) is 0 Å². The van der Waals surface area contributed by atoms with Gasteiger partial charge in [0.2, 0.25) is 5.89 Å². The topological polar surface area (TPSA) is 69.9 Å². The van der Waals surface area contributed by atoms with Crippen LogP contribution in [0.4, 0.5) is 0 Å². The van der Waals surface area contributed by atoms with Gasteiger partial charge in [0.1, 0.15) is 6.54 Å². The van der Waals surface area contributed by atoms with Crippen LogP contribution in [0.1, 0.15) is 17.3 Å². The molecule has 2 heterocycles. The lowest BCUT2D eigenvalue weighted by atomic mass is 10.2. The lowest BCUT2D eigenvalue weighted by molar-refractivity contribution is 0.369. The summed E-state index contributed by atoms with van der Waals surface area (Å²) in [7, 11) is 0. The molecule has 2 aromatic heterocycles. The molecule has 0 spiro atoms. The predicted octanol–water partition coefficient (Wildman–Crippen LogP) is 2.49. The van der Waals surface area contributed by atoms with Crippen LogP contribution < -0.4 is 5.73 Å². The zero-order valence-electron chi connectivity index (χ0n) is 10.4. The lowest BCUT2D eigenvalue weighted by Gasteiger charge is -2.01. The van der Waals surface area contributed by atoms with Gasteiger partial charge in [0, 0.05) is 23.2 Å². The zero-order chi connectivity index (χ0) is 13.4. The van der Waals surface area contributed by atoms with Gasteiger partial charge in [-0.15, -0.1) is 0 Å². The minimum absolute atomic E-state index is 0.480. The average Bonchev–Trinajstić information content (AvgIpc) is 2.94. The molecule has 3 rings (SSSR count). The van der Waals surface area contributed by atoms with E-state index < -0.39 is 0 Å². The van der Waals surface area contributed by atoms with Crippen LogP contribution in [-0.2, 0) is 13.1 Å². The molecule has 1 aromatic carbocycles. The van der Waals surface area contributed by atoms with Gasteiger partial charge in [0.25, 0.3) is 0 Å². The van der Waals surface area contributed by atoms with Gasteiger partial charge in [-0.2, -0.15) is 4.98 Å². The van der Waals surface area contributed by atoms with Crippen molar-refractivity contribution in [3.05, 3.63) is 46.7 Å². The summed E-state index contributed by atoms with van der Waals surface area (Å²) >= 11 is 6.05. The second kappa shape index (κ2) is 4.68. The molecule has 0 aliphatic rings. The van der Waals surface area contributed by atoms with Crippen molar-refractivity contribution in [2.24, 2.45) is 5.73 Å². The first-order chi connectivity index (χ1) is 9.17. The third-order valence-corrected chi connectivity index (χ3v) is 3.26. The maximum atomic E-state index is 6.05. The Kier molecular flexibility index (Phi) is 3.00. The van der Waals surface area contributed by atoms with E-state index in [1.54, 1.807) is 6.92 Å². The number of halogens is 1. The lowest BCUT2D eigenvalue weighted by Crippen LogP contribution is -1.99. The first-order valence-corrected chi connectivity index (χ1v) is 6.31. The van der Waals surface area contributed by atoms with Crippen molar-refractivity contribution in [3.63, 3.8) is 0 Å². The normalized spacial score (nSPS) is 11.3. The molecule has 0 bridgehead atoms. The molecule has 2 N–H and O–H groups in total. The molecule has 0 fully saturated rings. The van der Waals surface area contributed by atoms with Crippen LogP contribution >= 0.6 is 11.6 Å². The number of rotatable bonds is 3. The molecule has 0 saturated carbocycles. The van der Waals surface area contributed by atoms with Gasteiger partial charge in [0.05, 0.1) is 5.52 Å². The van der Waals surface area contributed by atoms with E-state index in [0.29, 0.717) is 29.8 Å². The van der Waals surface area contributed by atoms with Crippen molar-refractivity contribution in [1.29, 1.82) is 0 Å². The molecule has 0 radical (unpaired) electrons. The smallest absolute Gasteiger partial charge is 0.246 e. The first-order valence-electron chi connectivity index (χ1n) is 5.94. The van der Waals surface area contributed by atoms with Gasteiger partial charge < -0.3 is 14.8 Å². The average molecular weight is 277 g/mol. The Balaban J connectivity index is 2.09. The highest BCUT2D eigenvalue weighted by Crippen LogP contribution is 2.25. The maximum absolute atomic E-state index is 6.05. The molecule has 6 heteroatoms. The van der Waals surface area contributed by atoms with E-state index in [9.17, 15) is 0 Å². The van der Waals surface area contributed by atoms with Gasteiger partial charge in [-0.1, -0.05) is 22.8 Å². The van der Waals surface area contributed by atoms with Gasteiger partial charge >= 0.3 is 0 Å². The number of hydrogen-bond acceptors (Lipinski definition) is 4. The SMILES string of the molecule is Cc1noc(Cn2cc(CN)c3ccc(Cl)cc32)n1. The third-order valence-electron chi connectivity index (χ3n) is 3.02. The summed E-state index contributed by atoms with van der Waals surface area (Å²) in [5.74, 6) is 1.20. The molecule has 3 aromatic rings. The second-order valence-electron chi connectivity index (χ2n) is 4.38. The Hall–Kier alpha value is -1.85. The number of hydrogen-bond donors (Lipinski definition) is 1. The zero-order valence-corrected chi connectivity index (χ0v) is 11.2. The van der Waals surface area contributed by atoms with Crippen LogP contribution in [0.15, 0.2) is 28.9 Å². The number of benzene rings is 1. The quantitative estimate of drug-likeness (QED) is 0.798. The molecule has 0 aliphatic carbocycles. The highest BCUT2D eigenvalue weighted by Gasteiger charge is 2.11. The van der Waals surface area contributed by atoms with Crippen LogP contribution in [0.3, 0.4) is 0 Å². The van der Waals surface area contributed by atoms with E-state index in [1.807, 2.05) is 29.0 Å². The number of fused-ring (bicyclic) bond motifs is 1. The van der Waals surface area contributed by atoms with Crippen LogP contribution in [0.25, 0.3) is 10.9 Å². The molecule has 0 aliphatic heterocycles. The van der Waals surface area contributed by atoms with E-state index >= 15 is 0 Å². The molecule has 98 valence electrons. The Morgan fingerprint density at radius 2 is 2.26 bits per heavy atom. The summed E-state index contributed by atoms with van der Waals surface area (Å²) in [5, 5.41) is 5.58. The summed E-state index contributed by atoms with van der Waals surface area (Å²) in [6, 6.07) is 5.76. The minimum atomic E-state index is 0.480. The molecule has 0 amide bonds. The fourth-order valence-corrected chi connectivity index (χ4v) is 2.35. The summed E-state index contributed by atoms with van der Waals surface area (Å²) in [5.41, 5.74) is 7.86. The summed E-state index contributed by atoms with van der Waals surface area (Å²) < 4.78 is 7.17. The monoisotopic (exact) mass is 276 g/mol. The highest BCUT2D eigenvalue weighted by molar-refractivity contribution is 6.31. The molecular formula is C13H13ClN4O. The van der Waals surface area contributed by atoms with Crippen LogP contribution in [0, 0.1) is 6.92 Å². The third kappa shape index (κ3) is 2.22. The van der Waals surface area contributed by atoms with Crippen LogP contribution in [0.2, 0.25) is 5.02 Å². The molecular weight excluding hydrogens is 264 g/mol. The summed E-state index contributed by atoms with van der Waals surface area (Å²) in [4.78, 5) is 4.21.